The molecule has 0 radical (unpaired) electrons. The van der Waals surface area contributed by atoms with E-state index in [4.69, 9.17) is 0 Å². The van der Waals surface area contributed by atoms with Crippen LogP contribution in [0.2, 0.25) is 0 Å². The maximum atomic E-state index is 2.40. The van der Waals surface area contributed by atoms with Crippen LogP contribution in [0.15, 0.2) is 35.4 Å². The van der Waals surface area contributed by atoms with E-state index in [1.54, 1.807) is 5.57 Å². The van der Waals surface area contributed by atoms with Crippen molar-refractivity contribution in [3.63, 3.8) is 0 Å². The summed E-state index contributed by atoms with van der Waals surface area (Å²) in [4.78, 5) is 0. The van der Waals surface area contributed by atoms with Crippen molar-refractivity contribution in [1.82, 2.24) is 0 Å². The first kappa shape index (κ1) is 9.89. The van der Waals surface area contributed by atoms with Gasteiger partial charge < -0.3 is 0 Å². The highest BCUT2D eigenvalue weighted by Crippen LogP contribution is 2.47. The molecule has 0 saturated carbocycles. The summed E-state index contributed by atoms with van der Waals surface area (Å²) in [7, 11) is 0. The first-order valence-electron chi connectivity index (χ1n) is 6.18. The fourth-order valence-electron chi connectivity index (χ4n) is 3.05. The van der Waals surface area contributed by atoms with E-state index in [0.29, 0.717) is 5.92 Å². The Balaban J connectivity index is 2.22. The topological polar surface area (TPSA) is 0 Å². The van der Waals surface area contributed by atoms with Crippen LogP contribution in [0.4, 0.5) is 0 Å². The highest BCUT2D eigenvalue weighted by atomic mass is 14.3. The van der Waals surface area contributed by atoms with Gasteiger partial charge in [0.25, 0.3) is 0 Å². The van der Waals surface area contributed by atoms with Crippen LogP contribution in [0.3, 0.4) is 0 Å². The molecular formula is C16H18. The zero-order chi connectivity index (χ0) is 11.3. The molecule has 3 rings (SSSR count). The smallest absolute Gasteiger partial charge is 0.00353 e. The molecule has 1 atom stereocenters. The standard InChI is InChI=1S/C16H18/c1-10-4-6-13-12(3)14-7-5-11(2)9-16(14)15(13)8-10/h4,6,8-9,12H,5,7H2,1-3H3. The minimum atomic E-state index is 0.634. The van der Waals surface area contributed by atoms with Gasteiger partial charge in [0.15, 0.2) is 0 Å². The van der Waals surface area contributed by atoms with Gasteiger partial charge in [-0.25, -0.2) is 0 Å². The Hall–Kier alpha value is -1.30. The van der Waals surface area contributed by atoms with E-state index in [9.17, 15) is 0 Å². The van der Waals surface area contributed by atoms with Crippen molar-refractivity contribution in [3.8, 4) is 0 Å². The van der Waals surface area contributed by atoms with Gasteiger partial charge in [-0.05, 0) is 43.4 Å². The van der Waals surface area contributed by atoms with E-state index < -0.39 is 0 Å². The summed E-state index contributed by atoms with van der Waals surface area (Å²) < 4.78 is 0. The van der Waals surface area contributed by atoms with E-state index >= 15 is 0 Å². The van der Waals surface area contributed by atoms with Crippen molar-refractivity contribution >= 4 is 5.57 Å². The third-order valence-electron chi connectivity index (χ3n) is 4.01. The van der Waals surface area contributed by atoms with Crippen molar-refractivity contribution in [2.75, 3.05) is 0 Å². The highest BCUT2D eigenvalue weighted by molar-refractivity contribution is 5.86. The van der Waals surface area contributed by atoms with Crippen molar-refractivity contribution in [1.29, 1.82) is 0 Å². The van der Waals surface area contributed by atoms with Crippen molar-refractivity contribution in [3.05, 3.63) is 52.1 Å². The summed E-state index contributed by atoms with van der Waals surface area (Å²) in [6.07, 6.45) is 4.91. The quantitative estimate of drug-likeness (QED) is 0.586. The van der Waals surface area contributed by atoms with Crippen LogP contribution in [-0.4, -0.2) is 0 Å². The van der Waals surface area contributed by atoms with Crippen molar-refractivity contribution in [2.24, 2.45) is 0 Å². The van der Waals surface area contributed by atoms with Crippen LogP contribution < -0.4 is 0 Å². The van der Waals surface area contributed by atoms with Crippen LogP contribution in [0.5, 0.6) is 0 Å². The van der Waals surface area contributed by atoms with Gasteiger partial charge in [-0.2, -0.15) is 0 Å². The largest absolute Gasteiger partial charge is 0.0724 e. The summed E-state index contributed by atoms with van der Waals surface area (Å²) in [5.74, 6) is 0.634. The lowest BCUT2D eigenvalue weighted by molar-refractivity contribution is 0.805. The van der Waals surface area contributed by atoms with E-state index in [0.717, 1.165) is 0 Å². The van der Waals surface area contributed by atoms with Gasteiger partial charge in [-0.3, -0.25) is 0 Å². The normalized spacial score (nSPS) is 22.9. The molecule has 0 bridgehead atoms. The van der Waals surface area contributed by atoms with Crippen LogP contribution in [0.1, 0.15) is 49.3 Å². The van der Waals surface area contributed by atoms with Gasteiger partial charge in [-0.1, -0.05) is 47.9 Å². The van der Waals surface area contributed by atoms with E-state index in [2.05, 4.69) is 45.0 Å². The number of aryl methyl sites for hydroxylation is 1. The summed E-state index contributed by atoms with van der Waals surface area (Å²) in [5.41, 5.74) is 9.10. The van der Waals surface area contributed by atoms with Gasteiger partial charge in [0, 0.05) is 5.92 Å². The molecule has 1 aromatic rings. The Morgan fingerprint density at radius 2 is 1.94 bits per heavy atom. The molecule has 82 valence electrons. The average Bonchev–Trinajstić information content (AvgIpc) is 2.52. The zero-order valence-electron chi connectivity index (χ0n) is 10.3. The summed E-state index contributed by atoms with van der Waals surface area (Å²) in [6, 6.07) is 6.91. The molecule has 0 N–H and O–H groups in total. The minimum absolute atomic E-state index is 0.634. The van der Waals surface area contributed by atoms with E-state index in [1.165, 1.54) is 40.7 Å². The Morgan fingerprint density at radius 3 is 2.75 bits per heavy atom. The first-order chi connectivity index (χ1) is 7.66. The molecule has 0 saturated heterocycles. The zero-order valence-corrected chi connectivity index (χ0v) is 10.3. The predicted octanol–water partition coefficient (Wildman–Crippen LogP) is 4.61. The van der Waals surface area contributed by atoms with Gasteiger partial charge >= 0.3 is 0 Å². The minimum Gasteiger partial charge on any atom is -0.0724 e. The maximum absolute atomic E-state index is 2.40. The fraction of sp³-hybridized carbons (Fsp3) is 0.375. The molecule has 1 unspecified atom stereocenters. The van der Waals surface area contributed by atoms with Crippen LogP contribution in [0, 0.1) is 6.92 Å². The molecule has 0 aliphatic heterocycles. The predicted molar refractivity (Wildman–Crippen MR) is 69.5 cm³/mol. The van der Waals surface area contributed by atoms with Crippen LogP contribution in [-0.2, 0) is 0 Å². The Morgan fingerprint density at radius 1 is 1.12 bits per heavy atom. The van der Waals surface area contributed by atoms with Crippen LogP contribution in [0.25, 0.3) is 5.57 Å². The van der Waals surface area contributed by atoms with Gasteiger partial charge in [0.1, 0.15) is 0 Å². The lowest BCUT2D eigenvalue weighted by Gasteiger charge is -2.15. The molecule has 0 amide bonds. The SMILES string of the molecule is CC1=CC2=C(CC1)C(C)c1ccc(C)cc12. The second-order valence-corrected chi connectivity index (χ2v) is 5.24. The van der Waals surface area contributed by atoms with Crippen molar-refractivity contribution in [2.45, 2.75) is 39.5 Å². The van der Waals surface area contributed by atoms with E-state index in [1.807, 2.05) is 0 Å². The average molecular weight is 210 g/mol. The maximum Gasteiger partial charge on any atom is 0.00353 e. The van der Waals surface area contributed by atoms with Crippen molar-refractivity contribution < 1.29 is 0 Å². The monoisotopic (exact) mass is 210 g/mol. The second kappa shape index (κ2) is 3.35. The Labute approximate surface area is 97.7 Å². The molecule has 2 aliphatic carbocycles. The van der Waals surface area contributed by atoms with Gasteiger partial charge in [0.2, 0.25) is 0 Å². The molecule has 1 aromatic carbocycles. The third-order valence-corrected chi connectivity index (χ3v) is 4.01. The number of benzene rings is 1. The lowest BCUT2D eigenvalue weighted by atomic mass is 9.89. The number of fused-ring (bicyclic) bond motifs is 2. The summed E-state index contributed by atoms with van der Waals surface area (Å²) in [5, 5.41) is 0. The molecule has 0 heteroatoms. The highest BCUT2D eigenvalue weighted by Gasteiger charge is 2.28. The van der Waals surface area contributed by atoms with Gasteiger partial charge in [-0.15, -0.1) is 0 Å². The number of hydrogen-bond acceptors (Lipinski definition) is 0. The van der Waals surface area contributed by atoms with Gasteiger partial charge in [0.05, 0.1) is 0 Å². The summed E-state index contributed by atoms with van der Waals surface area (Å²) >= 11 is 0. The molecule has 16 heavy (non-hydrogen) atoms. The third kappa shape index (κ3) is 1.29. The molecular weight excluding hydrogens is 192 g/mol. The molecule has 0 aromatic heterocycles. The molecule has 0 nitrogen and oxygen atoms in total. The Kier molecular flexibility index (Phi) is 2.07. The molecule has 0 fully saturated rings. The van der Waals surface area contributed by atoms with E-state index in [-0.39, 0.29) is 0 Å². The first-order valence-corrected chi connectivity index (χ1v) is 6.18. The molecule has 0 heterocycles. The molecule has 0 spiro atoms. The number of hydrogen-bond donors (Lipinski definition) is 0. The summed E-state index contributed by atoms with van der Waals surface area (Å²) in [6.45, 7) is 6.79. The van der Waals surface area contributed by atoms with Crippen LogP contribution >= 0.6 is 0 Å². The fourth-order valence-corrected chi connectivity index (χ4v) is 3.05. The Bertz CT molecular complexity index is 515. The molecule has 2 aliphatic rings. The lowest BCUT2D eigenvalue weighted by Crippen LogP contribution is -1.96. The second-order valence-electron chi connectivity index (χ2n) is 5.24. The number of rotatable bonds is 0. The number of allylic oxidation sites excluding steroid dienone is 4.